The highest BCUT2D eigenvalue weighted by Gasteiger charge is 2.29. The fourth-order valence-corrected chi connectivity index (χ4v) is 3.98. The zero-order valence-electron chi connectivity index (χ0n) is 10.7. The van der Waals surface area contributed by atoms with Crippen LogP contribution in [0.25, 0.3) is 0 Å². The molecule has 1 fully saturated rings. The number of hydrogen-bond donors (Lipinski definition) is 1. The van der Waals surface area contributed by atoms with Crippen LogP contribution in [-0.4, -0.2) is 38.5 Å². The third-order valence-electron chi connectivity index (χ3n) is 3.23. The van der Waals surface area contributed by atoms with Gasteiger partial charge in [0.1, 0.15) is 5.76 Å². The van der Waals surface area contributed by atoms with Gasteiger partial charge >= 0.3 is 0 Å². The first kappa shape index (κ1) is 13.5. The molecule has 1 unspecified atom stereocenters. The molecule has 1 saturated heterocycles. The van der Waals surface area contributed by atoms with Crippen molar-refractivity contribution in [3.8, 4) is 0 Å². The summed E-state index contributed by atoms with van der Waals surface area (Å²) in [5.41, 5.74) is 0. The maximum Gasteiger partial charge on any atom is 0.198 e. The van der Waals surface area contributed by atoms with E-state index >= 15 is 0 Å². The van der Waals surface area contributed by atoms with E-state index in [-0.39, 0.29) is 11.7 Å². The molecule has 0 aromatic carbocycles. The van der Waals surface area contributed by atoms with Crippen LogP contribution in [0.3, 0.4) is 0 Å². The van der Waals surface area contributed by atoms with Crippen LogP contribution in [0.1, 0.15) is 36.8 Å². The second-order valence-corrected chi connectivity index (χ2v) is 7.05. The Hall–Kier alpha value is -0.880. The number of aryl methyl sites for hydroxylation is 1. The summed E-state index contributed by atoms with van der Waals surface area (Å²) < 4.78 is 28.8. The predicted molar refractivity (Wildman–Crippen MR) is 69.4 cm³/mol. The van der Waals surface area contributed by atoms with E-state index in [9.17, 15) is 8.42 Å². The maximum absolute atomic E-state index is 11.6. The van der Waals surface area contributed by atoms with Gasteiger partial charge in [-0.3, -0.25) is 0 Å². The first-order valence-electron chi connectivity index (χ1n) is 6.40. The minimum atomic E-state index is -2.90. The van der Waals surface area contributed by atoms with E-state index in [2.05, 4.69) is 10.3 Å². The van der Waals surface area contributed by atoms with Gasteiger partial charge in [-0.2, -0.15) is 0 Å². The summed E-state index contributed by atoms with van der Waals surface area (Å²) >= 11 is 0. The van der Waals surface area contributed by atoms with Crippen LogP contribution in [0.2, 0.25) is 0 Å². The third kappa shape index (κ3) is 3.55. The minimum Gasteiger partial charge on any atom is -0.445 e. The topological polar surface area (TPSA) is 72.2 Å². The molecule has 0 radical (unpaired) electrons. The predicted octanol–water partition coefficient (Wildman–Crippen LogP) is 1.12. The molecule has 0 saturated carbocycles. The van der Waals surface area contributed by atoms with Crippen molar-refractivity contribution < 1.29 is 12.8 Å². The average molecular weight is 272 g/mol. The average Bonchev–Trinajstić information content (AvgIpc) is 2.77. The monoisotopic (exact) mass is 272 g/mol. The Morgan fingerprint density at radius 3 is 3.11 bits per heavy atom. The number of hydrogen-bond acceptors (Lipinski definition) is 5. The summed E-state index contributed by atoms with van der Waals surface area (Å²) in [6.07, 6.45) is 5.13. The zero-order chi connectivity index (χ0) is 13.0. The fourth-order valence-electron chi connectivity index (χ4n) is 2.28. The number of nitrogens with one attached hydrogen (secondary N) is 1. The summed E-state index contributed by atoms with van der Waals surface area (Å²) in [7, 11) is -0.986. The van der Waals surface area contributed by atoms with Gasteiger partial charge in [0.2, 0.25) is 0 Å². The molecule has 0 bridgehead atoms. The fraction of sp³-hybridized carbons (Fsp3) is 0.750. The molecule has 1 aromatic rings. The van der Waals surface area contributed by atoms with Gasteiger partial charge < -0.3 is 9.73 Å². The second-order valence-electron chi connectivity index (χ2n) is 4.83. The SMILES string of the molecule is CNCCCc1cnc(C2CCCS(=O)(=O)C2)o1. The lowest BCUT2D eigenvalue weighted by Gasteiger charge is -2.18. The van der Waals surface area contributed by atoms with Crippen molar-refractivity contribution in [2.24, 2.45) is 0 Å². The van der Waals surface area contributed by atoms with Gasteiger partial charge in [-0.1, -0.05) is 0 Å². The molecule has 0 aliphatic carbocycles. The normalized spacial score (nSPS) is 23.1. The molecule has 18 heavy (non-hydrogen) atoms. The molecule has 2 heterocycles. The van der Waals surface area contributed by atoms with Gasteiger partial charge in [0, 0.05) is 12.3 Å². The molecule has 1 aliphatic rings. The van der Waals surface area contributed by atoms with Gasteiger partial charge in [-0.15, -0.1) is 0 Å². The molecule has 1 aliphatic heterocycles. The standard InChI is InChI=1S/C12H20N2O3S/c1-13-6-2-5-11-8-14-12(17-11)10-4-3-7-18(15,16)9-10/h8,10,13H,2-7,9H2,1H3. The Bertz CT molecular complexity index is 481. The van der Waals surface area contributed by atoms with Gasteiger partial charge in [0.25, 0.3) is 0 Å². The molecule has 1 N–H and O–H groups in total. The third-order valence-corrected chi connectivity index (χ3v) is 5.05. The van der Waals surface area contributed by atoms with E-state index in [1.807, 2.05) is 7.05 Å². The summed E-state index contributed by atoms with van der Waals surface area (Å²) in [5, 5.41) is 3.08. The van der Waals surface area contributed by atoms with Crippen molar-refractivity contribution in [3.05, 3.63) is 17.8 Å². The summed E-state index contributed by atoms with van der Waals surface area (Å²) in [6.45, 7) is 0.938. The van der Waals surface area contributed by atoms with E-state index in [0.717, 1.165) is 31.6 Å². The Labute approximate surface area is 108 Å². The zero-order valence-corrected chi connectivity index (χ0v) is 11.5. The quantitative estimate of drug-likeness (QED) is 0.813. The molecule has 1 atom stereocenters. The highest BCUT2D eigenvalue weighted by molar-refractivity contribution is 7.91. The number of rotatable bonds is 5. The molecule has 6 heteroatoms. The van der Waals surface area contributed by atoms with Gasteiger partial charge in [0.05, 0.1) is 17.7 Å². The van der Waals surface area contributed by atoms with Crippen molar-refractivity contribution in [1.29, 1.82) is 0 Å². The second kappa shape index (κ2) is 5.84. The highest BCUT2D eigenvalue weighted by atomic mass is 32.2. The smallest absolute Gasteiger partial charge is 0.198 e. The van der Waals surface area contributed by atoms with Crippen LogP contribution in [-0.2, 0) is 16.3 Å². The van der Waals surface area contributed by atoms with Gasteiger partial charge in [0.15, 0.2) is 15.7 Å². The van der Waals surface area contributed by atoms with Crippen molar-refractivity contribution in [1.82, 2.24) is 10.3 Å². The lowest BCUT2D eigenvalue weighted by Crippen LogP contribution is -2.23. The Morgan fingerprint density at radius 2 is 2.39 bits per heavy atom. The summed E-state index contributed by atoms with van der Waals surface area (Å²) in [5.74, 6) is 1.88. The maximum atomic E-state index is 11.6. The van der Waals surface area contributed by atoms with E-state index in [0.29, 0.717) is 18.1 Å². The lowest BCUT2D eigenvalue weighted by molar-refractivity contribution is 0.406. The lowest BCUT2D eigenvalue weighted by atomic mass is 10.1. The molecule has 1 aromatic heterocycles. The first-order valence-corrected chi connectivity index (χ1v) is 8.22. The summed E-state index contributed by atoms with van der Waals surface area (Å²) in [4.78, 5) is 4.23. The van der Waals surface area contributed by atoms with E-state index in [4.69, 9.17) is 4.42 Å². The van der Waals surface area contributed by atoms with Gasteiger partial charge in [-0.05, 0) is 32.9 Å². The Morgan fingerprint density at radius 1 is 1.56 bits per heavy atom. The molecule has 2 rings (SSSR count). The molecule has 0 spiro atoms. The van der Waals surface area contributed by atoms with Crippen LogP contribution in [0, 0.1) is 0 Å². The highest BCUT2D eigenvalue weighted by Crippen LogP contribution is 2.28. The largest absolute Gasteiger partial charge is 0.445 e. The van der Waals surface area contributed by atoms with E-state index < -0.39 is 9.84 Å². The van der Waals surface area contributed by atoms with Crippen LogP contribution >= 0.6 is 0 Å². The van der Waals surface area contributed by atoms with Crippen molar-refractivity contribution in [2.45, 2.75) is 31.6 Å². The van der Waals surface area contributed by atoms with Gasteiger partial charge in [-0.25, -0.2) is 13.4 Å². The number of sulfone groups is 1. The molecule has 102 valence electrons. The van der Waals surface area contributed by atoms with E-state index in [1.165, 1.54) is 0 Å². The van der Waals surface area contributed by atoms with Crippen molar-refractivity contribution >= 4 is 9.84 Å². The summed E-state index contributed by atoms with van der Waals surface area (Å²) in [6, 6.07) is 0. The minimum absolute atomic E-state index is 0.0539. The van der Waals surface area contributed by atoms with Crippen molar-refractivity contribution in [2.75, 3.05) is 25.1 Å². The van der Waals surface area contributed by atoms with Crippen molar-refractivity contribution in [3.63, 3.8) is 0 Å². The Balaban J connectivity index is 1.97. The van der Waals surface area contributed by atoms with Crippen LogP contribution in [0.5, 0.6) is 0 Å². The van der Waals surface area contributed by atoms with Crippen LogP contribution < -0.4 is 5.32 Å². The van der Waals surface area contributed by atoms with E-state index in [1.54, 1.807) is 6.20 Å². The number of nitrogens with zero attached hydrogens (tertiary/aromatic N) is 1. The molecular weight excluding hydrogens is 252 g/mol. The number of aromatic nitrogens is 1. The first-order chi connectivity index (χ1) is 8.61. The van der Waals surface area contributed by atoms with Crippen LogP contribution in [0.15, 0.2) is 10.6 Å². The van der Waals surface area contributed by atoms with Crippen LogP contribution in [0.4, 0.5) is 0 Å². The number of oxazole rings is 1. The molecular formula is C12H20N2O3S. The Kier molecular flexibility index (Phi) is 4.40. The molecule has 0 amide bonds. The molecule has 5 nitrogen and oxygen atoms in total.